The van der Waals surface area contributed by atoms with Gasteiger partial charge in [-0.1, -0.05) is 25.1 Å². The van der Waals surface area contributed by atoms with Crippen molar-refractivity contribution in [2.24, 2.45) is 0 Å². The number of hydrogen-bond acceptors (Lipinski definition) is 5. The highest BCUT2D eigenvalue weighted by atomic mass is 16.6. The van der Waals surface area contributed by atoms with E-state index in [-0.39, 0.29) is 18.0 Å². The molecule has 168 valence electrons. The van der Waals surface area contributed by atoms with Crippen molar-refractivity contribution in [2.75, 3.05) is 32.8 Å². The summed E-state index contributed by atoms with van der Waals surface area (Å²) in [5, 5.41) is 0.935. The molecular formula is C24H33N3O4. The van der Waals surface area contributed by atoms with Crippen LogP contribution in [-0.2, 0) is 9.47 Å². The predicted octanol–water partition coefficient (Wildman–Crippen LogP) is 4.11. The summed E-state index contributed by atoms with van der Waals surface area (Å²) in [6.07, 6.45) is 2.95. The highest BCUT2D eigenvalue weighted by Crippen LogP contribution is 2.22. The number of amides is 2. The third-order valence-corrected chi connectivity index (χ3v) is 5.20. The Balaban J connectivity index is 1.77. The van der Waals surface area contributed by atoms with E-state index in [2.05, 4.69) is 11.9 Å². The van der Waals surface area contributed by atoms with Crippen LogP contribution in [0, 0.1) is 0 Å². The molecule has 3 rings (SSSR count). The fraction of sp³-hybridized carbons (Fsp3) is 0.542. The SMILES string of the molecule is CCCOCC[C@H]1CN(C(=O)c2cccc3cccnc23)CCN1C(=O)OC(C)(C)C. The van der Waals surface area contributed by atoms with Gasteiger partial charge in [0.1, 0.15) is 5.60 Å². The van der Waals surface area contributed by atoms with Gasteiger partial charge in [0.2, 0.25) is 0 Å². The second-order valence-electron chi connectivity index (χ2n) is 8.86. The van der Waals surface area contributed by atoms with E-state index < -0.39 is 5.60 Å². The topological polar surface area (TPSA) is 72.0 Å². The predicted molar refractivity (Wildman–Crippen MR) is 120 cm³/mol. The Labute approximate surface area is 184 Å². The number of ether oxygens (including phenoxy) is 2. The molecule has 1 aromatic carbocycles. The quantitative estimate of drug-likeness (QED) is 0.649. The van der Waals surface area contributed by atoms with Gasteiger partial charge in [0.25, 0.3) is 5.91 Å². The maximum Gasteiger partial charge on any atom is 0.410 e. The molecule has 1 aromatic heterocycles. The van der Waals surface area contributed by atoms with Gasteiger partial charge >= 0.3 is 6.09 Å². The van der Waals surface area contributed by atoms with Gasteiger partial charge in [-0.05, 0) is 45.7 Å². The van der Waals surface area contributed by atoms with Crippen molar-refractivity contribution in [2.45, 2.75) is 52.2 Å². The molecule has 0 radical (unpaired) electrons. The van der Waals surface area contributed by atoms with Crippen LogP contribution in [0.25, 0.3) is 10.9 Å². The number of nitrogens with zero attached hydrogens (tertiary/aromatic N) is 3. The number of benzene rings is 1. The molecule has 1 fully saturated rings. The van der Waals surface area contributed by atoms with Gasteiger partial charge < -0.3 is 19.3 Å². The maximum atomic E-state index is 13.4. The normalized spacial score (nSPS) is 17.1. The van der Waals surface area contributed by atoms with Crippen LogP contribution in [0.1, 0.15) is 50.9 Å². The second-order valence-corrected chi connectivity index (χ2v) is 8.86. The Kier molecular flexibility index (Phi) is 7.49. The molecule has 2 amide bonds. The Morgan fingerprint density at radius 2 is 1.90 bits per heavy atom. The summed E-state index contributed by atoms with van der Waals surface area (Å²) in [6, 6.07) is 9.30. The smallest absolute Gasteiger partial charge is 0.410 e. The molecule has 0 saturated carbocycles. The fourth-order valence-corrected chi connectivity index (χ4v) is 3.76. The van der Waals surface area contributed by atoms with Crippen LogP contribution < -0.4 is 0 Å². The average molecular weight is 428 g/mol. The van der Waals surface area contributed by atoms with Crippen molar-refractivity contribution in [3.63, 3.8) is 0 Å². The third kappa shape index (κ3) is 5.94. The molecule has 2 heterocycles. The minimum absolute atomic E-state index is 0.0624. The lowest BCUT2D eigenvalue weighted by molar-refractivity contribution is -0.00666. The highest BCUT2D eigenvalue weighted by Gasteiger charge is 2.35. The van der Waals surface area contributed by atoms with Crippen molar-refractivity contribution >= 4 is 22.9 Å². The van der Waals surface area contributed by atoms with Crippen molar-refractivity contribution in [3.8, 4) is 0 Å². The molecule has 7 nitrogen and oxygen atoms in total. The summed E-state index contributed by atoms with van der Waals surface area (Å²) in [7, 11) is 0. The van der Waals surface area contributed by atoms with Gasteiger partial charge in [-0.25, -0.2) is 4.79 Å². The van der Waals surface area contributed by atoms with Gasteiger partial charge in [-0.2, -0.15) is 0 Å². The maximum absolute atomic E-state index is 13.4. The summed E-state index contributed by atoms with van der Waals surface area (Å²) in [5.74, 6) is -0.0624. The Morgan fingerprint density at radius 3 is 2.65 bits per heavy atom. The lowest BCUT2D eigenvalue weighted by Gasteiger charge is -2.41. The molecule has 31 heavy (non-hydrogen) atoms. The molecule has 0 unspecified atom stereocenters. The summed E-state index contributed by atoms with van der Waals surface area (Å²) < 4.78 is 11.3. The van der Waals surface area contributed by atoms with E-state index in [1.54, 1.807) is 11.1 Å². The van der Waals surface area contributed by atoms with E-state index in [0.717, 1.165) is 11.8 Å². The van der Waals surface area contributed by atoms with Crippen LogP contribution in [0.15, 0.2) is 36.5 Å². The monoisotopic (exact) mass is 427 g/mol. The van der Waals surface area contributed by atoms with E-state index in [4.69, 9.17) is 9.47 Å². The highest BCUT2D eigenvalue weighted by molar-refractivity contribution is 6.05. The van der Waals surface area contributed by atoms with Crippen LogP contribution in [-0.4, -0.2) is 71.3 Å². The van der Waals surface area contributed by atoms with Crippen molar-refractivity contribution in [3.05, 3.63) is 42.1 Å². The molecular weight excluding hydrogens is 394 g/mol. The molecule has 0 aliphatic carbocycles. The minimum Gasteiger partial charge on any atom is -0.444 e. The molecule has 7 heteroatoms. The number of carbonyl (C=O) groups excluding carboxylic acids is 2. The lowest BCUT2D eigenvalue weighted by Crippen LogP contribution is -2.57. The Morgan fingerprint density at radius 1 is 1.13 bits per heavy atom. The van der Waals surface area contributed by atoms with E-state index in [0.29, 0.717) is 50.3 Å². The van der Waals surface area contributed by atoms with E-state index in [1.807, 2.05) is 56.0 Å². The Bertz CT molecular complexity index is 904. The zero-order valence-electron chi connectivity index (χ0n) is 19.0. The Hall–Kier alpha value is -2.67. The first kappa shape index (κ1) is 23.0. The number of carbonyl (C=O) groups is 2. The zero-order chi connectivity index (χ0) is 22.4. The molecule has 0 spiro atoms. The second kappa shape index (κ2) is 10.1. The summed E-state index contributed by atoms with van der Waals surface area (Å²) in [6.45, 7) is 10.2. The molecule has 0 N–H and O–H groups in total. The molecule has 1 aliphatic rings. The van der Waals surface area contributed by atoms with E-state index in [1.165, 1.54) is 0 Å². The molecule has 1 saturated heterocycles. The number of para-hydroxylation sites is 1. The summed E-state index contributed by atoms with van der Waals surface area (Å²) >= 11 is 0. The fourth-order valence-electron chi connectivity index (χ4n) is 3.76. The average Bonchev–Trinajstić information content (AvgIpc) is 2.74. The lowest BCUT2D eigenvalue weighted by atomic mass is 10.1. The number of aromatic nitrogens is 1. The number of pyridine rings is 1. The zero-order valence-corrected chi connectivity index (χ0v) is 19.0. The van der Waals surface area contributed by atoms with Crippen LogP contribution in [0.2, 0.25) is 0 Å². The first-order valence-electron chi connectivity index (χ1n) is 11.0. The number of rotatable bonds is 6. The first-order valence-corrected chi connectivity index (χ1v) is 11.0. The van der Waals surface area contributed by atoms with Gasteiger partial charge in [-0.15, -0.1) is 0 Å². The molecule has 1 atom stereocenters. The first-order chi connectivity index (χ1) is 14.8. The largest absolute Gasteiger partial charge is 0.444 e. The summed E-state index contributed by atoms with van der Waals surface area (Å²) in [4.78, 5) is 34.1. The van der Waals surface area contributed by atoms with E-state index >= 15 is 0 Å². The number of piperazine rings is 1. The van der Waals surface area contributed by atoms with E-state index in [9.17, 15) is 9.59 Å². The van der Waals surface area contributed by atoms with Gasteiger partial charge in [-0.3, -0.25) is 9.78 Å². The molecule has 2 aromatic rings. The van der Waals surface area contributed by atoms with Crippen LogP contribution in [0.5, 0.6) is 0 Å². The molecule has 1 aliphatic heterocycles. The number of hydrogen-bond donors (Lipinski definition) is 0. The van der Waals surface area contributed by atoms with Crippen molar-refractivity contribution < 1.29 is 19.1 Å². The molecule has 0 bridgehead atoms. The number of fused-ring (bicyclic) bond motifs is 1. The minimum atomic E-state index is -0.568. The summed E-state index contributed by atoms with van der Waals surface area (Å²) in [5.41, 5.74) is 0.722. The van der Waals surface area contributed by atoms with Crippen LogP contribution in [0.4, 0.5) is 4.79 Å². The standard InChI is InChI=1S/C24H33N3O4/c1-5-15-30-16-11-19-17-26(13-14-27(19)23(29)31-24(2,3)4)22(28)20-10-6-8-18-9-7-12-25-21(18)20/h6-10,12,19H,5,11,13-17H2,1-4H3/t19-/m0/s1. The van der Waals surface area contributed by atoms with Crippen LogP contribution in [0.3, 0.4) is 0 Å². The van der Waals surface area contributed by atoms with Crippen LogP contribution >= 0.6 is 0 Å². The van der Waals surface area contributed by atoms with Crippen molar-refractivity contribution in [1.29, 1.82) is 0 Å². The van der Waals surface area contributed by atoms with Gasteiger partial charge in [0, 0.05) is 44.4 Å². The van der Waals surface area contributed by atoms with Crippen molar-refractivity contribution in [1.82, 2.24) is 14.8 Å². The van der Waals surface area contributed by atoms with Gasteiger partial charge in [0.05, 0.1) is 17.1 Å². The van der Waals surface area contributed by atoms with Gasteiger partial charge in [0.15, 0.2) is 0 Å². The third-order valence-electron chi connectivity index (χ3n) is 5.20.